The van der Waals surface area contributed by atoms with Crippen molar-refractivity contribution in [3.63, 3.8) is 0 Å². The number of allylic oxidation sites excluding steroid dienone is 1. The summed E-state index contributed by atoms with van der Waals surface area (Å²) in [6.07, 6.45) is 3.03. The second kappa shape index (κ2) is 5.91. The first-order chi connectivity index (χ1) is 9.17. The van der Waals surface area contributed by atoms with Gasteiger partial charge in [-0.2, -0.15) is 0 Å². The molecular formula is C16H20O3. The van der Waals surface area contributed by atoms with E-state index in [0.717, 1.165) is 41.7 Å². The lowest BCUT2D eigenvalue weighted by atomic mass is 9.85. The second-order valence-electron chi connectivity index (χ2n) is 4.70. The molecule has 0 N–H and O–H groups in total. The molecule has 0 aliphatic heterocycles. The highest BCUT2D eigenvalue weighted by Crippen LogP contribution is 2.35. The van der Waals surface area contributed by atoms with Crippen molar-refractivity contribution < 1.29 is 14.3 Å². The smallest absolute Gasteiger partial charge is 0.333 e. The maximum atomic E-state index is 11.9. The van der Waals surface area contributed by atoms with Crippen molar-refractivity contribution in [2.75, 3.05) is 13.7 Å². The van der Waals surface area contributed by atoms with Gasteiger partial charge in [-0.05, 0) is 61.9 Å². The van der Waals surface area contributed by atoms with Gasteiger partial charge in [-0.1, -0.05) is 6.07 Å². The van der Waals surface area contributed by atoms with E-state index in [2.05, 4.69) is 6.07 Å². The summed E-state index contributed by atoms with van der Waals surface area (Å²) in [6, 6.07) is 6.06. The Balaban J connectivity index is 2.42. The molecule has 0 spiro atoms. The molecule has 0 unspecified atom stereocenters. The zero-order valence-corrected chi connectivity index (χ0v) is 11.8. The van der Waals surface area contributed by atoms with Crippen LogP contribution in [0, 0.1) is 0 Å². The van der Waals surface area contributed by atoms with E-state index in [9.17, 15) is 4.79 Å². The number of aryl methyl sites for hydroxylation is 1. The van der Waals surface area contributed by atoms with Gasteiger partial charge < -0.3 is 9.47 Å². The number of carbonyl (C=O) groups excluding carboxylic acids is 1. The molecule has 19 heavy (non-hydrogen) atoms. The van der Waals surface area contributed by atoms with Crippen LogP contribution < -0.4 is 4.74 Å². The fourth-order valence-electron chi connectivity index (χ4n) is 2.54. The molecule has 0 amide bonds. The predicted octanol–water partition coefficient (Wildman–Crippen LogP) is 3.37. The maximum absolute atomic E-state index is 11.9. The van der Waals surface area contributed by atoms with Crippen LogP contribution in [0.5, 0.6) is 5.75 Å². The van der Waals surface area contributed by atoms with E-state index >= 15 is 0 Å². The van der Waals surface area contributed by atoms with Crippen molar-refractivity contribution in [2.24, 2.45) is 0 Å². The molecule has 1 aliphatic carbocycles. The van der Waals surface area contributed by atoms with E-state index in [1.165, 1.54) is 5.56 Å². The van der Waals surface area contributed by atoms with Gasteiger partial charge in [-0.15, -0.1) is 0 Å². The Hall–Kier alpha value is -1.77. The number of rotatable bonds is 3. The van der Waals surface area contributed by atoms with Crippen LogP contribution in [0.2, 0.25) is 0 Å². The molecule has 1 aromatic rings. The van der Waals surface area contributed by atoms with Crippen LogP contribution in [0.1, 0.15) is 37.8 Å². The minimum absolute atomic E-state index is 0.207. The first-order valence-electron chi connectivity index (χ1n) is 6.71. The highest BCUT2D eigenvalue weighted by atomic mass is 16.5. The third kappa shape index (κ3) is 2.80. The number of fused-ring (bicyclic) bond motifs is 1. The Morgan fingerprint density at radius 1 is 1.32 bits per heavy atom. The summed E-state index contributed by atoms with van der Waals surface area (Å²) in [6.45, 7) is 4.10. The predicted molar refractivity (Wildman–Crippen MR) is 75.2 cm³/mol. The Morgan fingerprint density at radius 2 is 2.11 bits per heavy atom. The van der Waals surface area contributed by atoms with Crippen LogP contribution in [-0.4, -0.2) is 19.7 Å². The van der Waals surface area contributed by atoms with Crippen LogP contribution in [0.4, 0.5) is 0 Å². The van der Waals surface area contributed by atoms with Gasteiger partial charge in [-0.25, -0.2) is 4.79 Å². The molecule has 0 heterocycles. The van der Waals surface area contributed by atoms with Crippen molar-refractivity contribution in [3.8, 4) is 5.75 Å². The average molecular weight is 260 g/mol. The summed E-state index contributed by atoms with van der Waals surface area (Å²) < 4.78 is 10.3. The van der Waals surface area contributed by atoms with Crippen LogP contribution in [0.15, 0.2) is 23.8 Å². The Morgan fingerprint density at radius 3 is 2.79 bits per heavy atom. The van der Waals surface area contributed by atoms with E-state index in [1.807, 2.05) is 26.0 Å². The number of benzene rings is 1. The highest BCUT2D eigenvalue weighted by molar-refractivity contribution is 5.97. The van der Waals surface area contributed by atoms with Gasteiger partial charge in [0.25, 0.3) is 0 Å². The van der Waals surface area contributed by atoms with Crippen molar-refractivity contribution >= 4 is 11.5 Å². The fourth-order valence-corrected chi connectivity index (χ4v) is 2.54. The van der Waals surface area contributed by atoms with Crippen molar-refractivity contribution in [1.29, 1.82) is 0 Å². The van der Waals surface area contributed by atoms with Gasteiger partial charge in [-0.3, -0.25) is 0 Å². The van der Waals surface area contributed by atoms with Crippen LogP contribution in [0.25, 0.3) is 5.57 Å². The molecule has 0 atom stereocenters. The monoisotopic (exact) mass is 260 g/mol. The van der Waals surface area contributed by atoms with E-state index in [1.54, 1.807) is 7.11 Å². The zero-order valence-electron chi connectivity index (χ0n) is 11.8. The standard InChI is InChI=1S/C16H20O3/c1-4-19-16(17)11(2)14-7-5-6-12-10-13(18-3)8-9-15(12)14/h8-10H,4-7H2,1-3H3/b14-11-. The molecule has 0 saturated carbocycles. The van der Waals surface area contributed by atoms with Gasteiger partial charge in [0.1, 0.15) is 5.75 Å². The first-order valence-corrected chi connectivity index (χ1v) is 6.71. The van der Waals surface area contributed by atoms with Crippen LogP contribution in [0.3, 0.4) is 0 Å². The van der Waals surface area contributed by atoms with E-state index in [-0.39, 0.29) is 5.97 Å². The van der Waals surface area contributed by atoms with Gasteiger partial charge >= 0.3 is 5.97 Å². The van der Waals surface area contributed by atoms with E-state index in [0.29, 0.717) is 6.61 Å². The summed E-state index contributed by atoms with van der Waals surface area (Å²) in [5, 5.41) is 0. The molecule has 2 rings (SSSR count). The molecule has 3 nitrogen and oxygen atoms in total. The lowest BCUT2D eigenvalue weighted by molar-refractivity contribution is -0.138. The highest BCUT2D eigenvalue weighted by Gasteiger charge is 2.20. The molecule has 0 aromatic heterocycles. The SMILES string of the molecule is CCOC(=O)/C(C)=C1/CCCc2cc(OC)ccc21. The number of carbonyl (C=O) groups is 1. The van der Waals surface area contributed by atoms with Crippen molar-refractivity contribution in [2.45, 2.75) is 33.1 Å². The third-order valence-electron chi connectivity index (χ3n) is 3.54. The summed E-state index contributed by atoms with van der Waals surface area (Å²) in [5.41, 5.74) is 4.26. The number of hydrogen-bond donors (Lipinski definition) is 0. The summed E-state index contributed by atoms with van der Waals surface area (Å²) in [4.78, 5) is 11.9. The van der Waals surface area contributed by atoms with Gasteiger partial charge in [0.05, 0.1) is 13.7 Å². The van der Waals surface area contributed by atoms with Crippen molar-refractivity contribution in [3.05, 3.63) is 34.9 Å². The molecule has 0 fully saturated rings. The normalized spacial score (nSPS) is 16.6. The fraction of sp³-hybridized carbons (Fsp3) is 0.438. The average Bonchev–Trinajstić information content (AvgIpc) is 2.45. The Bertz CT molecular complexity index is 515. The van der Waals surface area contributed by atoms with Crippen molar-refractivity contribution in [1.82, 2.24) is 0 Å². The first kappa shape index (κ1) is 13.7. The van der Waals surface area contributed by atoms with E-state index < -0.39 is 0 Å². The van der Waals surface area contributed by atoms with Gasteiger partial charge in [0.2, 0.25) is 0 Å². The summed E-state index contributed by atoms with van der Waals surface area (Å²) in [7, 11) is 1.67. The van der Waals surface area contributed by atoms with Crippen LogP contribution in [-0.2, 0) is 16.0 Å². The van der Waals surface area contributed by atoms with Gasteiger partial charge in [0.15, 0.2) is 0 Å². The molecule has 3 heteroatoms. The molecular weight excluding hydrogens is 240 g/mol. The lowest BCUT2D eigenvalue weighted by Crippen LogP contribution is -2.11. The molecule has 0 bridgehead atoms. The summed E-state index contributed by atoms with van der Waals surface area (Å²) >= 11 is 0. The Labute approximate surface area is 114 Å². The number of methoxy groups -OCH3 is 1. The summed E-state index contributed by atoms with van der Waals surface area (Å²) in [5.74, 6) is 0.662. The van der Waals surface area contributed by atoms with E-state index in [4.69, 9.17) is 9.47 Å². The second-order valence-corrected chi connectivity index (χ2v) is 4.70. The maximum Gasteiger partial charge on any atom is 0.333 e. The minimum atomic E-state index is -0.207. The molecule has 0 radical (unpaired) electrons. The molecule has 0 saturated heterocycles. The zero-order chi connectivity index (χ0) is 13.8. The molecule has 1 aliphatic rings. The molecule has 1 aromatic carbocycles. The third-order valence-corrected chi connectivity index (χ3v) is 3.54. The minimum Gasteiger partial charge on any atom is -0.497 e. The van der Waals surface area contributed by atoms with Gasteiger partial charge in [0, 0.05) is 5.57 Å². The number of hydrogen-bond acceptors (Lipinski definition) is 3. The largest absolute Gasteiger partial charge is 0.497 e. The quantitative estimate of drug-likeness (QED) is 0.617. The topological polar surface area (TPSA) is 35.5 Å². The lowest BCUT2D eigenvalue weighted by Gasteiger charge is -2.21. The van der Waals surface area contributed by atoms with Crippen LogP contribution >= 0.6 is 0 Å². The number of ether oxygens (including phenoxy) is 2. The molecule has 102 valence electrons. The number of esters is 1. The Kier molecular flexibility index (Phi) is 4.25.